The summed E-state index contributed by atoms with van der Waals surface area (Å²) in [5.41, 5.74) is 2.80. The molecule has 6 nitrogen and oxygen atoms in total. The monoisotopic (exact) mass is 354 g/mol. The Hall–Kier alpha value is -2.80. The number of aryl methyl sites for hydroxylation is 1. The molecule has 0 spiro atoms. The maximum absolute atomic E-state index is 12.2. The van der Waals surface area contributed by atoms with Crippen molar-refractivity contribution < 1.29 is 9.53 Å². The topological polar surface area (TPSA) is 77.0 Å². The van der Waals surface area contributed by atoms with Gasteiger partial charge in [-0.1, -0.05) is 6.92 Å². The van der Waals surface area contributed by atoms with Gasteiger partial charge in [0, 0.05) is 17.1 Å². The fourth-order valence-corrected chi connectivity index (χ4v) is 2.79. The van der Waals surface area contributed by atoms with Crippen LogP contribution in [0.3, 0.4) is 0 Å². The van der Waals surface area contributed by atoms with Crippen molar-refractivity contribution in [2.75, 3.05) is 11.9 Å². The number of aromatic nitrogens is 3. The number of hydrogen-bond acceptors (Lipinski definition) is 6. The van der Waals surface area contributed by atoms with E-state index in [-0.39, 0.29) is 11.6 Å². The normalized spacial score (nSPS) is 10.5. The lowest BCUT2D eigenvalue weighted by atomic mass is 10.2. The van der Waals surface area contributed by atoms with Crippen molar-refractivity contribution in [3.05, 3.63) is 53.4 Å². The second-order valence-electron chi connectivity index (χ2n) is 5.41. The second kappa shape index (κ2) is 7.85. The van der Waals surface area contributed by atoms with Gasteiger partial charge in [-0.25, -0.2) is 9.97 Å². The molecular formula is C18H18N4O2S. The number of anilines is 1. The van der Waals surface area contributed by atoms with E-state index in [1.54, 1.807) is 6.20 Å². The smallest absolute Gasteiger partial charge is 0.277 e. The van der Waals surface area contributed by atoms with Gasteiger partial charge in [-0.2, -0.15) is 0 Å². The molecule has 0 saturated heterocycles. The minimum atomic E-state index is -0.322. The molecule has 3 rings (SSSR count). The van der Waals surface area contributed by atoms with Crippen LogP contribution in [0.25, 0.3) is 11.3 Å². The molecule has 0 aliphatic heterocycles. The standard InChI is InChI=1S/C18H18N4O2S/c1-3-8-24-14-6-4-13(5-7-14)16-11-25-18(21-16)22-17(23)15-10-19-12(2)9-20-15/h4-7,9-11H,3,8H2,1-2H3,(H,21,22,23). The lowest BCUT2D eigenvalue weighted by Gasteiger charge is -2.04. The van der Waals surface area contributed by atoms with E-state index in [0.717, 1.165) is 29.1 Å². The number of amides is 1. The highest BCUT2D eigenvalue weighted by Gasteiger charge is 2.11. The van der Waals surface area contributed by atoms with Gasteiger partial charge in [-0.3, -0.25) is 15.1 Å². The first-order valence-corrected chi connectivity index (χ1v) is 8.82. The Morgan fingerprint density at radius 1 is 1.20 bits per heavy atom. The molecule has 0 atom stereocenters. The average Bonchev–Trinajstić information content (AvgIpc) is 3.09. The zero-order valence-corrected chi connectivity index (χ0v) is 14.8. The zero-order chi connectivity index (χ0) is 17.6. The molecule has 25 heavy (non-hydrogen) atoms. The van der Waals surface area contributed by atoms with E-state index < -0.39 is 0 Å². The van der Waals surface area contributed by atoms with Crippen LogP contribution in [0.5, 0.6) is 5.75 Å². The molecule has 2 aromatic heterocycles. The lowest BCUT2D eigenvalue weighted by Crippen LogP contribution is -2.13. The Bertz CT molecular complexity index is 844. The molecule has 0 unspecified atom stereocenters. The van der Waals surface area contributed by atoms with Crippen LogP contribution in [0.2, 0.25) is 0 Å². The van der Waals surface area contributed by atoms with Crippen LogP contribution in [-0.4, -0.2) is 27.5 Å². The highest BCUT2D eigenvalue weighted by atomic mass is 32.1. The summed E-state index contributed by atoms with van der Waals surface area (Å²) in [7, 11) is 0. The quantitative estimate of drug-likeness (QED) is 0.725. The van der Waals surface area contributed by atoms with Crippen LogP contribution in [0.15, 0.2) is 42.0 Å². The second-order valence-corrected chi connectivity index (χ2v) is 6.27. The fourth-order valence-electron chi connectivity index (χ4n) is 2.08. The number of thiazole rings is 1. The van der Waals surface area contributed by atoms with Crippen molar-refractivity contribution in [2.24, 2.45) is 0 Å². The van der Waals surface area contributed by atoms with E-state index >= 15 is 0 Å². The third-order valence-electron chi connectivity index (χ3n) is 3.36. The predicted molar refractivity (Wildman–Crippen MR) is 98.1 cm³/mol. The van der Waals surface area contributed by atoms with Gasteiger partial charge >= 0.3 is 0 Å². The van der Waals surface area contributed by atoms with Gasteiger partial charge in [0.25, 0.3) is 5.91 Å². The molecule has 0 radical (unpaired) electrons. The SMILES string of the molecule is CCCOc1ccc(-c2csc(NC(=O)c3cnc(C)cn3)n2)cc1. The number of rotatable bonds is 6. The first-order valence-electron chi connectivity index (χ1n) is 7.94. The zero-order valence-electron chi connectivity index (χ0n) is 14.0. The van der Waals surface area contributed by atoms with Crippen molar-refractivity contribution >= 4 is 22.4 Å². The number of ether oxygens (including phenoxy) is 1. The summed E-state index contributed by atoms with van der Waals surface area (Å²) in [6, 6.07) is 7.75. The summed E-state index contributed by atoms with van der Waals surface area (Å²) in [5.74, 6) is 0.518. The predicted octanol–water partition coefficient (Wildman–Crippen LogP) is 3.95. The van der Waals surface area contributed by atoms with Crippen LogP contribution < -0.4 is 10.1 Å². The molecule has 1 amide bonds. The van der Waals surface area contributed by atoms with Crippen molar-refractivity contribution in [1.29, 1.82) is 0 Å². The third kappa shape index (κ3) is 4.39. The lowest BCUT2D eigenvalue weighted by molar-refractivity contribution is 0.102. The first-order chi connectivity index (χ1) is 12.2. The molecule has 0 aliphatic rings. The summed E-state index contributed by atoms with van der Waals surface area (Å²) in [5, 5.41) is 5.17. The Morgan fingerprint density at radius 3 is 2.68 bits per heavy atom. The van der Waals surface area contributed by atoms with Crippen LogP contribution in [-0.2, 0) is 0 Å². The molecular weight excluding hydrogens is 336 g/mol. The Balaban J connectivity index is 1.67. The van der Waals surface area contributed by atoms with Gasteiger partial charge in [-0.15, -0.1) is 11.3 Å². The minimum Gasteiger partial charge on any atom is -0.494 e. The van der Waals surface area contributed by atoms with E-state index in [1.807, 2.05) is 36.6 Å². The number of carbonyl (C=O) groups excluding carboxylic acids is 1. The Kier molecular flexibility index (Phi) is 5.35. The highest BCUT2D eigenvalue weighted by molar-refractivity contribution is 7.14. The molecule has 0 aliphatic carbocycles. The molecule has 0 saturated carbocycles. The number of benzene rings is 1. The van der Waals surface area contributed by atoms with Crippen molar-refractivity contribution in [3.63, 3.8) is 0 Å². The summed E-state index contributed by atoms with van der Waals surface area (Å²) in [6.45, 7) is 4.59. The Labute approximate surface area is 149 Å². The van der Waals surface area contributed by atoms with Gasteiger partial charge in [0.05, 0.1) is 24.2 Å². The minimum absolute atomic E-state index is 0.264. The van der Waals surface area contributed by atoms with E-state index in [4.69, 9.17) is 4.74 Å². The highest BCUT2D eigenvalue weighted by Crippen LogP contribution is 2.26. The van der Waals surface area contributed by atoms with Crippen molar-refractivity contribution in [3.8, 4) is 17.0 Å². The summed E-state index contributed by atoms with van der Waals surface area (Å²) >= 11 is 1.37. The molecule has 0 bridgehead atoms. The van der Waals surface area contributed by atoms with Gasteiger partial charge in [0.2, 0.25) is 0 Å². The van der Waals surface area contributed by atoms with Crippen LogP contribution >= 0.6 is 11.3 Å². The van der Waals surface area contributed by atoms with Crippen molar-refractivity contribution in [2.45, 2.75) is 20.3 Å². The Morgan fingerprint density at radius 2 is 2.00 bits per heavy atom. The van der Waals surface area contributed by atoms with E-state index in [0.29, 0.717) is 11.7 Å². The van der Waals surface area contributed by atoms with Crippen LogP contribution in [0, 0.1) is 6.92 Å². The van der Waals surface area contributed by atoms with E-state index in [1.165, 1.54) is 17.5 Å². The van der Waals surface area contributed by atoms with Gasteiger partial charge in [0.1, 0.15) is 11.4 Å². The molecule has 1 aromatic carbocycles. The largest absolute Gasteiger partial charge is 0.494 e. The summed E-state index contributed by atoms with van der Waals surface area (Å²) in [6.07, 6.45) is 3.99. The number of carbonyl (C=O) groups is 1. The van der Waals surface area contributed by atoms with Gasteiger partial charge in [0.15, 0.2) is 5.13 Å². The van der Waals surface area contributed by atoms with Crippen LogP contribution in [0.1, 0.15) is 29.5 Å². The summed E-state index contributed by atoms with van der Waals surface area (Å²) in [4.78, 5) is 24.7. The molecule has 7 heteroatoms. The third-order valence-corrected chi connectivity index (χ3v) is 4.12. The number of nitrogens with one attached hydrogen (secondary N) is 1. The fraction of sp³-hybridized carbons (Fsp3) is 0.222. The number of hydrogen-bond donors (Lipinski definition) is 1. The van der Waals surface area contributed by atoms with E-state index in [9.17, 15) is 4.79 Å². The van der Waals surface area contributed by atoms with E-state index in [2.05, 4.69) is 27.2 Å². The van der Waals surface area contributed by atoms with Crippen molar-refractivity contribution in [1.82, 2.24) is 15.0 Å². The molecule has 0 fully saturated rings. The van der Waals surface area contributed by atoms with Crippen LogP contribution in [0.4, 0.5) is 5.13 Å². The molecule has 2 heterocycles. The molecule has 1 N–H and O–H groups in total. The van der Waals surface area contributed by atoms with Gasteiger partial charge < -0.3 is 4.74 Å². The molecule has 3 aromatic rings. The maximum Gasteiger partial charge on any atom is 0.277 e. The number of nitrogens with zero attached hydrogens (tertiary/aromatic N) is 3. The average molecular weight is 354 g/mol. The maximum atomic E-state index is 12.2. The first kappa shape index (κ1) is 17.0. The summed E-state index contributed by atoms with van der Waals surface area (Å²) < 4.78 is 5.57. The van der Waals surface area contributed by atoms with Gasteiger partial charge in [-0.05, 0) is 37.6 Å². The molecule has 128 valence electrons.